The predicted octanol–water partition coefficient (Wildman–Crippen LogP) is 0.622. The summed E-state index contributed by atoms with van der Waals surface area (Å²) in [5.74, 6) is 0.761. The lowest BCUT2D eigenvalue weighted by molar-refractivity contribution is -0.150. The summed E-state index contributed by atoms with van der Waals surface area (Å²) in [6, 6.07) is 0.505. The lowest BCUT2D eigenvalue weighted by Crippen LogP contribution is -2.46. The summed E-state index contributed by atoms with van der Waals surface area (Å²) < 4.78 is 5.25. The molecule has 2 fully saturated rings. The van der Waals surface area contributed by atoms with Gasteiger partial charge in [-0.2, -0.15) is 0 Å². The summed E-state index contributed by atoms with van der Waals surface area (Å²) in [6.07, 6.45) is 2.48. The SMILES string of the molecule is COC(C)(C)C(=O)N1C[C@@H]2CCCN[C@@H]2C1. The first kappa shape index (κ1) is 11.9. The molecule has 1 N–H and O–H groups in total. The van der Waals surface area contributed by atoms with Gasteiger partial charge < -0.3 is 15.0 Å². The number of likely N-dealkylation sites (tertiary alicyclic amines) is 1. The van der Waals surface area contributed by atoms with Crippen molar-refractivity contribution in [2.75, 3.05) is 26.7 Å². The lowest BCUT2D eigenvalue weighted by Gasteiger charge is -2.27. The number of hydrogen-bond donors (Lipinski definition) is 1. The second-order valence-corrected chi connectivity index (χ2v) is 5.39. The summed E-state index contributed by atoms with van der Waals surface area (Å²) in [5, 5.41) is 3.50. The third-order valence-corrected chi connectivity index (χ3v) is 3.91. The second kappa shape index (κ2) is 4.34. The zero-order valence-electron chi connectivity index (χ0n) is 10.5. The molecule has 92 valence electrons. The van der Waals surface area contributed by atoms with Crippen molar-refractivity contribution < 1.29 is 9.53 Å². The second-order valence-electron chi connectivity index (χ2n) is 5.39. The molecular formula is C12H22N2O2. The first-order valence-corrected chi connectivity index (χ1v) is 6.12. The van der Waals surface area contributed by atoms with Crippen LogP contribution in [0, 0.1) is 5.92 Å². The Morgan fingerprint density at radius 1 is 1.44 bits per heavy atom. The molecule has 0 aromatic carbocycles. The highest BCUT2D eigenvalue weighted by Crippen LogP contribution is 2.27. The summed E-state index contributed by atoms with van der Waals surface area (Å²) in [6.45, 7) is 6.51. The van der Waals surface area contributed by atoms with Crippen LogP contribution in [-0.2, 0) is 9.53 Å². The molecule has 4 nitrogen and oxygen atoms in total. The van der Waals surface area contributed by atoms with E-state index in [0.717, 1.165) is 19.6 Å². The van der Waals surface area contributed by atoms with Gasteiger partial charge in [-0.15, -0.1) is 0 Å². The minimum atomic E-state index is -0.687. The van der Waals surface area contributed by atoms with E-state index < -0.39 is 5.60 Å². The average Bonchev–Trinajstić information content (AvgIpc) is 2.71. The van der Waals surface area contributed by atoms with E-state index in [1.54, 1.807) is 7.11 Å². The van der Waals surface area contributed by atoms with Gasteiger partial charge in [0.05, 0.1) is 0 Å². The Balaban J connectivity index is 2.00. The molecule has 0 spiro atoms. The highest BCUT2D eigenvalue weighted by Gasteiger charge is 2.41. The van der Waals surface area contributed by atoms with Gasteiger partial charge in [0.1, 0.15) is 5.60 Å². The van der Waals surface area contributed by atoms with Crippen LogP contribution >= 0.6 is 0 Å². The fraction of sp³-hybridized carbons (Fsp3) is 0.917. The van der Waals surface area contributed by atoms with Crippen LogP contribution in [0.5, 0.6) is 0 Å². The topological polar surface area (TPSA) is 41.6 Å². The van der Waals surface area contributed by atoms with Gasteiger partial charge in [0.2, 0.25) is 0 Å². The first-order chi connectivity index (χ1) is 7.54. The van der Waals surface area contributed by atoms with Gasteiger partial charge in [-0.3, -0.25) is 4.79 Å². The minimum absolute atomic E-state index is 0.117. The largest absolute Gasteiger partial charge is 0.369 e. The minimum Gasteiger partial charge on any atom is -0.369 e. The van der Waals surface area contributed by atoms with Crippen molar-refractivity contribution in [3.63, 3.8) is 0 Å². The van der Waals surface area contributed by atoms with Crippen molar-refractivity contribution in [1.82, 2.24) is 10.2 Å². The number of amides is 1. The fourth-order valence-electron chi connectivity index (χ4n) is 2.68. The summed E-state index contributed by atoms with van der Waals surface area (Å²) in [4.78, 5) is 14.2. The molecule has 2 rings (SSSR count). The van der Waals surface area contributed by atoms with Crippen molar-refractivity contribution >= 4 is 5.91 Å². The normalized spacial score (nSPS) is 30.3. The molecule has 0 aliphatic carbocycles. The van der Waals surface area contributed by atoms with Crippen LogP contribution in [0.2, 0.25) is 0 Å². The molecule has 2 atom stereocenters. The standard InChI is InChI=1S/C12H22N2O2/c1-12(2,16-3)11(15)14-7-9-5-4-6-13-10(9)8-14/h9-10,13H,4-8H2,1-3H3/t9-,10+/m0/s1. The summed E-state index contributed by atoms with van der Waals surface area (Å²) >= 11 is 0. The van der Waals surface area contributed by atoms with Crippen LogP contribution in [-0.4, -0.2) is 49.2 Å². The average molecular weight is 226 g/mol. The molecule has 0 unspecified atom stereocenters. The van der Waals surface area contributed by atoms with Crippen LogP contribution in [0.25, 0.3) is 0 Å². The van der Waals surface area contributed by atoms with Gasteiger partial charge in [-0.05, 0) is 39.2 Å². The van der Waals surface area contributed by atoms with Gasteiger partial charge >= 0.3 is 0 Å². The smallest absolute Gasteiger partial charge is 0.254 e. The Bertz CT molecular complexity index is 264. The maximum Gasteiger partial charge on any atom is 0.254 e. The van der Waals surface area contributed by atoms with Crippen molar-refractivity contribution in [2.24, 2.45) is 5.92 Å². The van der Waals surface area contributed by atoms with Crippen LogP contribution in [0.4, 0.5) is 0 Å². The zero-order valence-corrected chi connectivity index (χ0v) is 10.5. The predicted molar refractivity (Wildman–Crippen MR) is 62.2 cm³/mol. The molecule has 0 aromatic rings. The number of nitrogens with zero attached hydrogens (tertiary/aromatic N) is 1. The Labute approximate surface area is 97.3 Å². The molecule has 4 heteroatoms. The maximum absolute atomic E-state index is 12.2. The van der Waals surface area contributed by atoms with Crippen molar-refractivity contribution in [1.29, 1.82) is 0 Å². The molecule has 2 heterocycles. The fourth-order valence-corrected chi connectivity index (χ4v) is 2.68. The number of piperidine rings is 1. The number of carbonyl (C=O) groups excluding carboxylic acids is 1. The highest BCUT2D eigenvalue weighted by molar-refractivity contribution is 5.84. The van der Waals surface area contributed by atoms with Crippen LogP contribution < -0.4 is 5.32 Å². The number of fused-ring (bicyclic) bond motifs is 1. The molecule has 0 bridgehead atoms. The number of carbonyl (C=O) groups is 1. The van der Waals surface area contributed by atoms with E-state index in [2.05, 4.69) is 5.32 Å². The van der Waals surface area contributed by atoms with Crippen molar-refractivity contribution in [3.05, 3.63) is 0 Å². The number of methoxy groups -OCH3 is 1. The van der Waals surface area contributed by atoms with Gasteiger partial charge in [0, 0.05) is 26.2 Å². The monoisotopic (exact) mass is 226 g/mol. The van der Waals surface area contributed by atoms with Crippen LogP contribution in [0.15, 0.2) is 0 Å². The van der Waals surface area contributed by atoms with E-state index in [9.17, 15) is 4.79 Å². The van der Waals surface area contributed by atoms with Crippen molar-refractivity contribution in [2.45, 2.75) is 38.3 Å². The third-order valence-electron chi connectivity index (χ3n) is 3.91. The third kappa shape index (κ3) is 2.09. The molecule has 2 saturated heterocycles. The van der Waals surface area contributed by atoms with E-state index in [0.29, 0.717) is 12.0 Å². The first-order valence-electron chi connectivity index (χ1n) is 6.12. The van der Waals surface area contributed by atoms with E-state index in [4.69, 9.17) is 4.74 Å². The van der Waals surface area contributed by atoms with Gasteiger partial charge in [-0.1, -0.05) is 0 Å². The van der Waals surface area contributed by atoms with E-state index >= 15 is 0 Å². The van der Waals surface area contributed by atoms with E-state index in [1.807, 2.05) is 18.7 Å². The van der Waals surface area contributed by atoms with Gasteiger partial charge in [0.15, 0.2) is 0 Å². The lowest BCUT2D eigenvalue weighted by atomic mass is 9.94. The van der Waals surface area contributed by atoms with Crippen LogP contribution in [0.3, 0.4) is 0 Å². The Morgan fingerprint density at radius 3 is 2.81 bits per heavy atom. The molecule has 16 heavy (non-hydrogen) atoms. The van der Waals surface area contributed by atoms with Crippen molar-refractivity contribution in [3.8, 4) is 0 Å². The molecule has 0 saturated carbocycles. The molecule has 1 amide bonds. The molecular weight excluding hydrogens is 204 g/mol. The number of hydrogen-bond acceptors (Lipinski definition) is 3. The summed E-state index contributed by atoms with van der Waals surface area (Å²) in [7, 11) is 1.60. The molecule has 0 radical (unpaired) electrons. The molecule has 0 aromatic heterocycles. The number of rotatable bonds is 2. The number of ether oxygens (including phenoxy) is 1. The Morgan fingerprint density at radius 2 is 2.19 bits per heavy atom. The quantitative estimate of drug-likeness (QED) is 0.750. The number of nitrogens with one attached hydrogen (secondary N) is 1. The maximum atomic E-state index is 12.2. The highest BCUT2D eigenvalue weighted by atomic mass is 16.5. The Hall–Kier alpha value is -0.610. The molecule has 2 aliphatic heterocycles. The summed E-state index contributed by atoms with van der Waals surface area (Å²) in [5.41, 5.74) is -0.687. The Kier molecular flexibility index (Phi) is 3.22. The van der Waals surface area contributed by atoms with E-state index in [1.165, 1.54) is 12.8 Å². The van der Waals surface area contributed by atoms with Gasteiger partial charge in [-0.25, -0.2) is 0 Å². The van der Waals surface area contributed by atoms with Gasteiger partial charge in [0.25, 0.3) is 5.91 Å². The molecule has 2 aliphatic rings. The van der Waals surface area contributed by atoms with E-state index in [-0.39, 0.29) is 5.91 Å². The zero-order chi connectivity index (χ0) is 11.8. The van der Waals surface area contributed by atoms with Crippen LogP contribution in [0.1, 0.15) is 26.7 Å².